The van der Waals surface area contributed by atoms with Crippen molar-refractivity contribution in [3.63, 3.8) is 0 Å². The number of carbonyl (C=O) groups is 1. The molecule has 0 bridgehead atoms. The van der Waals surface area contributed by atoms with Crippen molar-refractivity contribution in [3.8, 4) is 0 Å². The number of nitrogens with zero attached hydrogens (tertiary/aromatic N) is 2. The van der Waals surface area contributed by atoms with E-state index < -0.39 is 4.92 Å². The molecule has 2 aliphatic rings. The molecular weight excluding hydrogens is 330 g/mol. The lowest BCUT2D eigenvalue weighted by Gasteiger charge is -2.26. The molecule has 1 fully saturated rings. The predicted molar refractivity (Wildman–Crippen MR) is 97.1 cm³/mol. The zero-order valence-electron chi connectivity index (χ0n) is 14.7. The van der Waals surface area contributed by atoms with Crippen LogP contribution in [0.2, 0.25) is 0 Å². The van der Waals surface area contributed by atoms with Crippen LogP contribution in [0.3, 0.4) is 0 Å². The van der Waals surface area contributed by atoms with Gasteiger partial charge in [-0.1, -0.05) is 24.3 Å². The highest BCUT2D eigenvalue weighted by molar-refractivity contribution is 5.95. The van der Waals surface area contributed by atoms with Gasteiger partial charge in [-0.3, -0.25) is 19.9 Å². The van der Waals surface area contributed by atoms with E-state index in [0.29, 0.717) is 18.2 Å². The van der Waals surface area contributed by atoms with Crippen molar-refractivity contribution in [2.45, 2.75) is 38.0 Å². The Morgan fingerprint density at radius 3 is 3.04 bits per heavy atom. The molecule has 1 aromatic carbocycles. The van der Waals surface area contributed by atoms with Gasteiger partial charge in [-0.2, -0.15) is 0 Å². The van der Waals surface area contributed by atoms with Crippen LogP contribution < -0.4 is 5.32 Å². The molecule has 2 atom stereocenters. The summed E-state index contributed by atoms with van der Waals surface area (Å²) in [6.07, 6.45) is 5.77. The molecule has 2 aromatic rings. The second-order valence-corrected chi connectivity index (χ2v) is 7.36. The molecule has 1 N–H and O–H groups in total. The van der Waals surface area contributed by atoms with E-state index in [-0.39, 0.29) is 22.6 Å². The first-order valence-electron chi connectivity index (χ1n) is 8.99. The molecule has 0 saturated heterocycles. The highest BCUT2D eigenvalue weighted by Crippen LogP contribution is 2.59. The highest BCUT2D eigenvalue weighted by atomic mass is 16.6. The molecule has 1 heterocycles. The Morgan fingerprint density at radius 2 is 2.23 bits per heavy atom. The molecule has 6 heteroatoms. The summed E-state index contributed by atoms with van der Waals surface area (Å²) in [6, 6.07) is 9.93. The number of nitrogens with one attached hydrogen (secondary N) is 1. The van der Waals surface area contributed by atoms with Crippen LogP contribution in [-0.2, 0) is 11.8 Å². The van der Waals surface area contributed by atoms with Crippen molar-refractivity contribution in [1.82, 2.24) is 10.3 Å². The van der Waals surface area contributed by atoms with Gasteiger partial charge in [-0.25, -0.2) is 0 Å². The molecular formula is C20H21N3O3. The van der Waals surface area contributed by atoms with Gasteiger partial charge in [0.05, 0.1) is 16.2 Å². The first-order chi connectivity index (χ1) is 12.5. The van der Waals surface area contributed by atoms with Gasteiger partial charge in [-0.15, -0.1) is 0 Å². The predicted octanol–water partition coefficient (Wildman–Crippen LogP) is 3.32. The van der Waals surface area contributed by atoms with Crippen LogP contribution in [0.1, 0.15) is 46.4 Å². The first-order valence-corrected chi connectivity index (χ1v) is 8.99. The molecule has 26 heavy (non-hydrogen) atoms. The summed E-state index contributed by atoms with van der Waals surface area (Å²) >= 11 is 0. The van der Waals surface area contributed by atoms with Gasteiger partial charge in [-0.05, 0) is 49.7 Å². The van der Waals surface area contributed by atoms with Crippen LogP contribution in [0.5, 0.6) is 0 Å². The summed E-state index contributed by atoms with van der Waals surface area (Å²) < 4.78 is 0. The van der Waals surface area contributed by atoms with Gasteiger partial charge in [0, 0.05) is 18.0 Å². The first kappa shape index (κ1) is 16.7. The fourth-order valence-corrected chi connectivity index (χ4v) is 4.40. The maximum absolute atomic E-state index is 12.5. The molecule has 1 aromatic heterocycles. The van der Waals surface area contributed by atoms with Crippen molar-refractivity contribution in [2.24, 2.45) is 5.92 Å². The summed E-state index contributed by atoms with van der Waals surface area (Å²) in [7, 11) is 0. The van der Waals surface area contributed by atoms with Crippen LogP contribution >= 0.6 is 0 Å². The number of amides is 1. The van der Waals surface area contributed by atoms with Gasteiger partial charge in [0.1, 0.15) is 6.20 Å². The number of pyridine rings is 1. The minimum absolute atomic E-state index is 0.162. The Balaban J connectivity index is 1.46. The van der Waals surface area contributed by atoms with E-state index in [2.05, 4.69) is 34.6 Å². The second kappa shape index (κ2) is 6.20. The third kappa shape index (κ3) is 2.75. The number of nitro groups is 1. The fraction of sp³-hybridized carbons (Fsp3) is 0.400. The van der Waals surface area contributed by atoms with Gasteiger partial charge in [0.25, 0.3) is 11.6 Å². The third-order valence-corrected chi connectivity index (χ3v) is 5.89. The lowest BCUT2D eigenvalue weighted by Crippen LogP contribution is -2.29. The Kier molecular flexibility index (Phi) is 3.98. The second-order valence-electron chi connectivity index (χ2n) is 7.36. The van der Waals surface area contributed by atoms with E-state index >= 15 is 0 Å². The third-order valence-electron chi connectivity index (χ3n) is 5.89. The minimum atomic E-state index is -0.530. The monoisotopic (exact) mass is 351 g/mol. The maximum atomic E-state index is 12.5. The molecule has 4 rings (SSSR count). The Labute approximate surface area is 151 Å². The highest BCUT2D eigenvalue weighted by Gasteiger charge is 2.56. The number of carbonyl (C=O) groups excluding carboxylic acids is 1. The number of fused-ring (bicyclic) bond motifs is 2. The van der Waals surface area contributed by atoms with Gasteiger partial charge < -0.3 is 5.32 Å². The van der Waals surface area contributed by atoms with E-state index in [1.165, 1.54) is 36.2 Å². The maximum Gasteiger partial charge on any atom is 0.288 e. The van der Waals surface area contributed by atoms with E-state index in [1.807, 2.05) is 0 Å². The smallest absolute Gasteiger partial charge is 0.288 e. The lowest BCUT2D eigenvalue weighted by molar-refractivity contribution is -0.385. The van der Waals surface area contributed by atoms with Crippen LogP contribution in [-0.4, -0.2) is 22.4 Å². The zero-order chi connectivity index (χ0) is 18.3. The summed E-state index contributed by atoms with van der Waals surface area (Å²) in [4.78, 5) is 26.9. The van der Waals surface area contributed by atoms with Crippen molar-refractivity contribution in [3.05, 3.63) is 69.0 Å². The molecule has 0 radical (unpaired) electrons. The summed E-state index contributed by atoms with van der Waals surface area (Å²) in [6.45, 7) is 2.28. The molecule has 0 aliphatic heterocycles. The summed E-state index contributed by atoms with van der Waals surface area (Å²) in [5.74, 6) is 0.143. The van der Waals surface area contributed by atoms with Crippen molar-refractivity contribution < 1.29 is 9.72 Å². The van der Waals surface area contributed by atoms with Crippen LogP contribution in [0.25, 0.3) is 0 Å². The van der Waals surface area contributed by atoms with Crippen molar-refractivity contribution in [2.75, 3.05) is 6.54 Å². The SMILES string of the molecule is Cc1ncc([N+](=O)[O-])cc1C(=O)NC[C@@H]1C[C@]12CCCc1ccccc12. The van der Waals surface area contributed by atoms with Crippen LogP contribution in [0.4, 0.5) is 5.69 Å². The molecule has 1 spiro atoms. The van der Waals surface area contributed by atoms with E-state index in [4.69, 9.17) is 0 Å². The summed E-state index contributed by atoms with van der Waals surface area (Å²) in [5.41, 5.74) is 3.70. The Hall–Kier alpha value is -2.76. The normalized spacial score (nSPS) is 23.3. The van der Waals surface area contributed by atoms with Crippen molar-refractivity contribution >= 4 is 11.6 Å². The zero-order valence-corrected chi connectivity index (χ0v) is 14.7. The molecule has 6 nitrogen and oxygen atoms in total. The average Bonchev–Trinajstić information content (AvgIpc) is 3.33. The largest absolute Gasteiger partial charge is 0.352 e. The standard InChI is InChI=1S/C20H21N3O3/c1-13-17(9-16(12-21-13)23(25)26)19(24)22-11-15-10-20(15)8-4-6-14-5-2-3-7-18(14)20/h2-3,5,7,9,12,15H,4,6,8,10-11H2,1H3,(H,22,24)/t15-,20+/m0/s1. The molecule has 0 unspecified atom stereocenters. The average molecular weight is 351 g/mol. The van der Waals surface area contributed by atoms with E-state index in [9.17, 15) is 14.9 Å². The van der Waals surface area contributed by atoms with Gasteiger partial charge in [0.2, 0.25) is 0 Å². The molecule has 134 valence electrons. The van der Waals surface area contributed by atoms with Crippen LogP contribution in [0, 0.1) is 23.0 Å². The number of aromatic nitrogens is 1. The number of aryl methyl sites for hydroxylation is 2. The number of benzene rings is 1. The quantitative estimate of drug-likeness (QED) is 0.676. The van der Waals surface area contributed by atoms with Crippen LogP contribution in [0.15, 0.2) is 36.5 Å². The number of rotatable bonds is 4. The topological polar surface area (TPSA) is 85.1 Å². The number of hydrogen-bond acceptors (Lipinski definition) is 4. The Morgan fingerprint density at radius 1 is 1.42 bits per heavy atom. The van der Waals surface area contributed by atoms with E-state index in [1.54, 1.807) is 6.92 Å². The minimum Gasteiger partial charge on any atom is -0.352 e. The lowest BCUT2D eigenvalue weighted by atomic mass is 9.78. The molecule has 2 aliphatic carbocycles. The number of hydrogen-bond donors (Lipinski definition) is 1. The van der Waals surface area contributed by atoms with E-state index in [0.717, 1.165) is 12.8 Å². The fourth-order valence-electron chi connectivity index (χ4n) is 4.40. The van der Waals surface area contributed by atoms with Crippen molar-refractivity contribution in [1.29, 1.82) is 0 Å². The molecule has 1 saturated carbocycles. The molecule has 1 amide bonds. The summed E-state index contributed by atoms with van der Waals surface area (Å²) in [5, 5.41) is 13.9. The van der Waals surface area contributed by atoms with Gasteiger partial charge in [0.15, 0.2) is 0 Å². The Bertz CT molecular complexity index is 896. The van der Waals surface area contributed by atoms with Gasteiger partial charge >= 0.3 is 0 Å².